The molecule has 0 aliphatic heterocycles. The van der Waals surface area contributed by atoms with Gasteiger partial charge in [0.25, 0.3) is 5.19 Å². The van der Waals surface area contributed by atoms with Gasteiger partial charge in [-0.25, -0.2) is 0 Å². The van der Waals surface area contributed by atoms with Gasteiger partial charge in [0.1, 0.15) is 5.75 Å². The Morgan fingerprint density at radius 2 is 2.00 bits per heavy atom. The molecule has 1 aromatic heterocycles. The van der Waals surface area contributed by atoms with E-state index in [1.54, 1.807) is 11.8 Å². The Morgan fingerprint density at radius 3 is 2.70 bits per heavy atom. The van der Waals surface area contributed by atoms with Crippen LogP contribution in [0.15, 0.2) is 33.1 Å². The standard InChI is InChI=1S/C13H15BrN2O2S2/c1-9(2)18-12-15-16-13(20-12)19-8-7-17-11-5-3-10(14)4-6-11/h3-6,9H,7-8H2,1-2H3. The van der Waals surface area contributed by atoms with E-state index in [-0.39, 0.29) is 6.10 Å². The van der Waals surface area contributed by atoms with Crippen molar-refractivity contribution in [3.8, 4) is 10.9 Å². The summed E-state index contributed by atoms with van der Waals surface area (Å²) in [6.07, 6.45) is 0.126. The summed E-state index contributed by atoms with van der Waals surface area (Å²) in [7, 11) is 0. The average Bonchev–Trinajstić information content (AvgIpc) is 2.83. The Balaban J connectivity index is 1.70. The van der Waals surface area contributed by atoms with Crippen molar-refractivity contribution < 1.29 is 9.47 Å². The number of thioether (sulfide) groups is 1. The van der Waals surface area contributed by atoms with Gasteiger partial charge in [-0.1, -0.05) is 32.8 Å². The zero-order chi connectivity index (χ0) is 14.4. The molecule has 2 aromatic rings. The molecular weight excluding hydrogens is 360 g/mol. The van der Waals surface area contributed by atoms with Crippen LogP contribution >= 0.6 is 39.0 Å². The van der Waals surface area contributed by atoms with Gasteiger partial charge < -0.3 is 9.47 Å². The maximum absolute atomic E-state index is 5.64. The van der Waals surface area contributed by atoms with E-state index in [0.29, 0.717) is 11.8 Å². The molecule has 7 heteroatoms. The van der Waals surface area contributed by atoms with Crippen LogP contribution in [-0.4, -0.2) is 28.7 Å². The molecule has 0 bridgehead atoms. The number of halogens is 1. The molecule has 1 aromatic carbocycles. The highest BCUT2D eigenvalue weighted by Gasteiger charge is 2.07. The molecule has 0 atom stereocenters. The predicted molar refractivity (Wildman–Crippen MR) is 86.0 cm³/mol. The van der Waals surface area contributed by atoms with Crippen molar-refractivity contribution in [1.29, 1.82) is 0 Å². The first-order chi connectivity index (χ1) is 9.63. The Kier molecular flexibility index (Phi) is 6.12. The van der Waals surface area contributed by atoms with Gasteiger partial charge in [-0.15, -0.1) is 5.10 Å². The number of hydrogen-bond donors (Lipinski definition) is 0. The molecule has 0 aliphatic rings. The molecule has 0 saturated carbocycles. The van der Waals surface area contributed by atoms with E-state index < -0.39 is 0 Å². The van der Waals surface area contributed by atoms with E-state index in [1.165, 1.54) is 11.3 Å². The third kappa shape index (κ3) is 5.30. The van der Waals surface area contributed by atoms with Gasteiger partial charge >= 0.3 is 0 Å². The molecule has 0 radical (unpaired) electrons. The smallest absolute Gasteiger partial charge is 0.295 e. The summed E-state index contributed by atoms with van der Waals surface area (Å²) in [5.74, 6) is 1.70. The first kappa shape index (κ1) is 15.6. The molecule has 0 amide bonds. The quantitative estimate of drug-likeness (QED) is 0.535. The van der Waals surface area contributed by atoms with Crippen LogP contribution in [0.1, 0.15) is 13.8 Å². The lowest BCUT2D eigenvalue weighted by atomic mass is 10.3. The minimum Gasteiger partial charge on any atom is -0.493 e. The molecule has 1 heterocycles. The monoisotopic (exact) mass is 374 g/mol. The Bertz CT molecular complexity index is 531. The zero-order valence-electron chi connectivity index (χ0n) is 11.2. The van der Waals surface area contributed by atoms with E-state index in [9.17, 15) is 0 Å². The average molecular weight is 375 g/mol. The number of rotatable bonds is 7. The summed E-state index contributed by atoms with van der Waals surface area (Å²) < 4.78 is 13.1. The SMILES string of the molecule is CC(C)Oc1nnc(SCCOc2ccc(Br)cc2)s1. The van der Waals surface area contributed by atoms with Crippen LogP contribution in [0.5, 0.6) is 10.9 Å². The summed E-state index contributed by atoms with van der Waals surface area (Å²) in [4.78, 5) is 0. The molecule has 0 saturated heterocycles. The summed E-state index contributed by atoms with van der Waals surface area (Å²) in [6.45, 7) is 4.58. The Labute approximate surface area is 135 Å². The predicted octanol–water partition coefficient (Wildman–Crippen LogP) is 4.26. The lowest BCUT2D eigenvalue weighted by molar-refractivity contribution is 0.239. The maximum Gasteiger partial charge on any atom is 0.295 e. The van der Waals surface area contributed by atoms with Gasteiger partial charge in [0.05, 0.1) is 12.7 Å². The topological polar surface area (TPSA) is 44.2 Å². The van der Waals surface area contributed by atoms with Gasteiger partial charge in [-0.05, 0) is 49.4 Å². The lowest BCUT2D eigenvalue weighted by Gasteiger charge is -2.04. The second-order valence-electron chi connectivity index (χ2n) is 4.15. The van der Waals surface area contributed by atoms with E-state index in [0.717, 1.165) is 20.3 Å². The molecule has 108 valence electrons. The van der Waals surface area contributed by atoms with Crippen LogP contribution in [0.3, 0.4) is 0 Å². The maximum atomic E-state index is 5.64. The van der Waals surface area contributed by atoms with Crippen LogP contribution in [0, 0.1) is 0 Å². The minimum atomic E-state index is 0.126. The fourth-order valence-electron chi connectivity index (χ4n) is 1.32. The molecule has 4 nitrogen and oxygen atoms in total. The van der Waals surface area contributed by atoms with Crippen LogP contribution in [0.2, 0.25) is 0 Å². The molecule has 0 fully saturated rings. The summed E-state index contributed by atoms with van der Waals surface area (Å²) in [6, 6.07) is 7.80. The number of benzene rings is 1. The van der Waals surface area contributed by atoms with E-state index in [1.807, 2.05) is 38.1 Å². The third-order valence-corrected chi connectivity index (χ3v) is 4.56. The van der Waals surface area contributed by atoms with Crippen LogP contribution in [-0.2, 0) is 0 Å². The number of aromatic nitrogens is 2. The van der Waals surface area contributed by atoms with E-state index >= 15 is 0 Å². The molecular formula is C13H15BrN2O2S2. The second-order valence-corrected chi connectivity index (χ2v) is 7.35. The fraction of sp³-hybridized carbons (Fsp3) is 0.385. The van der Waals surface area contributed by atoms with Crippen molar-refractivity contribution in [1.82, 2.24) is 10.2 Å². The number of nitrogens with zero attached hydrogens (tertiary/aromatic N) is 2. The third-order valence-electron chi connectivity index (χ3n) is 2.12. The van der Waals surface area contributed by atoms with Crippen molar-refractivity contribution >= 4 is 39.0 Å². The highest BCUT2D eigenvalue weighted by Crippen LogP contribution is 2.27. The van der Waals surface area contributed by atoms with Gasteiger partial charge in [-0.3, -0.25) is 0 Å². The van der Waals surface area contributed by atoms with Crippen LogP contribution in [0.4, 0.5) is 0 Å². The molecule has 0 spiro atoms. The van der Waals surface area contributed by atoms with Gasteiger partial charge in [-0.2, -0.15) is 0 Å². The van der Waals surface area contributed by atoms with Crippen molar-refractivity contribution in [3.05, 3.63) is 28.7 Å². The molecule has 0 unspecified atom stereocenters. The summed E-state index contributed by atoms with van der Waals surface area (Å²) in [5.41, 5.74) is 0. The normalized spacial score (nSPS) is 10.8. The molecule has 20 heavy (non-hydrogen) atoms. The Hall–Kier alpha value is -0.790. The van der Waals surface area contributed by atoms with E-state index in [4.69, 9.17) is 9.47 Å². The number of ether oxygens (including phenoxy) is 2. The molecule has 0 N–H and O–H groups in total. The highest BCUT2D eigenvalue weighted by atomic mass is 79.9. The summed E-state index contributed by atoms with van der Waals surface area (Å²) in [5, 5.41) is 8.67. The van der Waals surface area contributed by atoms with E-state index in [2.05, 4.69) is 26.1 Å². The van der Waals surface area contributed by atoms with Crippen LogP contribution < -0.4 is 9.47 Å². The van der Waals surface area contributed by atoms with Crippen molar-refractivity contribution in [2.24, 2.45) is 0 Å². The van der Waals surface area contributed by atoms with Crippen LogP contribution in [0.25, 0.3) is 0 Å². The first-order valence-electron chi connectivity index (χ1n) is 6.15. The molecule has 0 aliphatic carbocycles. The fourth-order valence-corrected chi connectivity index (χ4v) is 3.28. The zero-order valence-corrected chi connectivity index (χ0v) is 14.4. The van der Waals surface area contributed by atoms with Crippen molar-refractivity contribution in [3.63, 3.8) is 0 Å². The summed E-state index contributed by atoms with van der Waals surface area (Å²) >= 11 is 6.48. The first-order valence-corrected chi connectivity index (χ1v) is 8.74. The van der Waals surface area contributed by atoms with Crippen molar-refractivity contribution in [2.75, 3.05) is 12.4 Å². The largest absolute Gasteiger partial charge is 0.493 e. The lowest BCUT2D eigenvalue weighted by Crippen LogP contribution is -2.04. The van der Waals surface area contributed by atoms with Gasteiger partial charge in [0, 0.05) is 10.2 Å². The molecule has 2 rings (SSSR count). The van der Waals surface area contributed by atoms with Gasteiger partial charge in [0.2, 0.25) is 0 Å². The Morgan fingerprint density at radius 1 is 1.25 bits per heavy atom. The minimum absolute atomic E-state index is 0.126. The van der Waals surface area contributed by atoms with Crippen molar-refractivity contribution in [2.45, 2.75) is 24.3 Å². The highest BCUT2D eigenvalue weighted by molar-refractivity contribution is 9.10. The van der Waals surface area contributed by atoms with Gasteiger partial charge in [0.15, 0.2) is 4.34 Å². The number of hydrogen-bond acceptors (Lipinski definition) is 6. The second kappa shape index (κ2) is 7.85.